The number of hydrogen-bond acceptors (Lipinski definition) is 2. The van der Waals surface area contributed by atoms with Gasteiger partial charge in [-0.05, 0) is 45.4 Å². The van der Waals surface area contributed by atoms with Crippen LogP contribution in [-0.2, 0) is 9.59 Å². The van der Waals surface area contributed by atoms with Gasteiger partial charge in [0.05, 0.1) is 0 Å². The monoisotopic (exact) mass is 354 g/mol. The molecule has 0 saturated carbocycles. The maximum Gasteiger partial charge on any atom is 0.226 e. The first-order valence-corrected chi connectivity index (χ1v) is 7.75. The van der Waals surface area contributed by atoms with Gasteiger partial charge in [0.15, 0.2) is 0 Å². The van der Waals surface area contributed by atoms with Gasteiger partial charge in [-0.2, -0.15) is 0 Å². The molecular formula is C16H23BrN2O2. The molecule has 0 saturated heterocycles. The van der Waals surface area contributed by atoms with Crippen LogP contribution < -0.4 is 5.32 Å². The molecule has 1 aromatic rings. The standard InChI is InChI=1S/C16H23BrN2O2/c1-11-6-7-13(10-14(11)17)18-15(21)8-9-19(12(2)20)16(3,4)5/h6-7,10H,8-9H2,1-5H3,(H,18,21). The quantitative estimate of drug-likeness (QED) is 0.895. The lowest BCUT2D eigenvalue weighted by Crippen LogP contribution is -2.45. The topological polar surface area (TPSA) is 49.4 Å². The number of carbonyl (C=O) groups is 2. The molecule has 0 aliphatic rings. The number of carbonyl (C=O) groups excluding carboxylic acids is 2. The van der Waals surface area contributed by atoms with E-state index in [0.717, 1.165) is 15.7 Å². The molecule has 0 bridgehead atoms. The summed E-state index contributed by atoms with van der Waals surface area (Å²) in [6, 6.07) is 5.68. The van der Waals surface area contributed by atoms with Crippen LogP contribution in [0.2, 0.25) is 0 Å². The van der Waals surface area contributed by atoms with Crippen molar-refractivity contribution in [1.82, 2.24) is 4.90 Å². The summed E-state index contributed by atoms with van der Waals surface area (Å²) in [7, 11) is 0. The summed E-state index contributed by atoms with van der Waals surface area (Å²) in [6.45, 7) is 9.82. The van der Waals surface area contributed by atoms with Gasteiger partial charge in [0.1, 0.15) is 0 Å². The maximum absolute atomic E-state index is 12.0. The molecule has 2 amide bonds. The SMILES string of the molecule is CC(=O)N(CCC(=O)Nc1ccc(C)c(Br)c1)C(C)(C)C. The van der Waals surface area contributed by atoms with Gasteiger partial charge in [-0.25, -0.2) is 0 Å². The number of halogens is 1. The lowest BCUT2D eigenvalue weighted by molar-refractivity contribution is -0.134. The highest BCUT2D eigenvalue weighted by molar-refractivity contribution is 9.10. The number of anilines is 1. The first-order chi connectivity index (χ1) is 9.61. The Bertz CT molecular complexity index is 536. The predicted octanol–water partition coefficient (Wildman–Crippen LogP) is 3.73. The van der Waals surface area contributed by atoms with Crippen LogP contribution in [0.3, 0.4) is 0 Å². The average Bonchev–Trinajstić information content (AvgIpc) is 2.32. The molecule has 0 atom stereocenters. The number of rotatable bonds is 4. The molecule has 0 aromatic heterocycles. The predicted molar refractivity (Wildman–Crippen MR) is 89.3 cm³/mol. The third kappa shape index (κ3) is 5.50. The van der Waals surface area contributed by atoms with E-state index >= 15 is 0 Å². The van der Waals surface area contributed by atoms with Crippen molar-refractivity contribution in [3.63, 3.8) is 0 Å². The second kappa shape index (κ2) is 7.07. The molecule has 0 heterocycles. The summed E-state index contributed by atoms with van der Waals surface area (Å²) in [5, 5.41) is 2.85. The van der Waals surface area contributed by atoms with E-state index in [1.165, 1.54) is 6.92 Å². The van der Waals surface area contributed by atoms with E-state index in [1.54, 1.807) is 4.90 Å². The molecule has 0 radical (unpaired) electrons. The van der Waals surface area contributed by atoms with Crippen molar-refractivity contribution in [2.45, 2.75) is 46.6 Å². The molecule has 0 aliphatic heterocycles. The van der Waals surface area contributed by atoms with E-state index < -0.39 is 0 Å². The van der Waals surface area contributed by atoms with Crippen molar-refractivity contribution in [3.8, 4) is 0 Å². The number of nitrogens with one attached hydrogen (secondary N) is 1. The van der Waals surface area contributed by atoms with Crippen LogP contribution in [0, 0.1) is 6.92 Å². The van der Waals surface area contributed by atoms with Gasteiger partial charge in [-0.1, -0.05) is 22.0 Å². The van der Waals surface area contributed by atoms with Gasteiger partial charge < -0.3 is 10.2 Å². The highest BCUT2D eigenvalue weighted by atomic mass is 79.9. The minimum absolute atomic E-state index is 0.0200. The normalized spacial score (nSPS) is 11.1. The van der Waals surface area contributed by atoms with Crippen molar-refractivity contribution in [2.75, 3.05) is 11.9 Å². The third-order valence-electron chi connectivity index (χ3n) is 3.21. The Labute approximate surface area is 135 Å². The Balaban J connectivity index is 2.61. The Kier molecular flexibility index (Phi) is 5.96. The van der Waals surface area contributed by atoms with E-state index in [4.69, 9.17) is 0 Å². The summed E-state index contributed by atoms with van der Waals surface area (Å²) >= 11 is 3.44. The molecule has 0 unspecified atom stereocenters. The van der Waals surface area contributed by atoms with Crippen LogP contribution >= 0.6 is 15.9 Å². The van der Waals surface area contributed by atoms with E-state index in [-0.39, 0.29) is 23.8 Å². The van der Waals surface area contributed by atoms with Crippen molar-refractivity contribution < 1.29 is 9.59 Å². The van der Waals surface area contributed by atoms with Crippen molar-refractivity contribution in [3.05, 3.63) is 28.2 Å². The third-order valence-corrected chi connectivity index (χ3v) is 4.06. The van der Waals surface area contributed by atoms with Crippen LogP contribution in [-0.4, -0.2) is 28.8 Å². The highest BCUT2D eigenvalue weighted by Crippen LogP contribution is 2.21. The van der Waals surface area contributed by atoms with Crippen LogP contribution in [0.15, 0.2) is 22.7 Å². The molecule has 116 valence electrons. The Hall–Kier alpha value is -1.36. The largest absolute Gasteiger partial charge is 0.338 e. The summed E-state index contributed by atoms with van der Waals surface area (Å²) in [5.74, 6) is -0.116. The Morgan fingerprint density at radius 3 is 2.38 bits per heavy atom. The Morgan fingerprint density at radius 1 is 1.29 bits per heavy atom. The van der Waals surface area contributed by atoms with Crippen LogP contribution in [0.1, 0.15) is 39.7 Å². The van der Waals surface area contributed by atoms with Crippen LogP contribution in [0.5, 0.6) is 0 Å². The highest BCUT2D eigenvalue weighted by Gasteiger charge is 2.24. The van der Waals surface area contributed by atoms with E-state index in [1.807, 2.05) is 45.9 Å². The minimum atomic E-state index is -0.279. The second-order valence-corrected chi connectivity index (χ2v) is 6.96. The van der Waals surface area contributed by atoms with E-state index in [2.05, 4.69) is 21.2 Å². The minimum Gasteiger partial charge on any atom is -0.338 e. The fraction of sp³-hybridized carbons (Fsp3) is 0.500. The summed E-state index contributed by atoms with van der Waals surface area (Å²) in [5.41, 5.74) is 1.59. The van der Waals surface area contributed by atoms with Gasteiger partial charge >= 0.3 is 0 Å². The first kappa shape index (κ1) is 17.7. The van der Waals surface area contributed by atoms with Gasteiger partial charge in [0.25, 0.3) is 0 Å². The fourth-order valence-corrected chi connectivity index (χ4v) is 2.45. The van der Waals surface area contributed by atoms with Gasteiger partial charge in [0, 0.05) is 35.6 Å². The number of nitrogens with zero attached hydrogens (tertiary/aromatic N) is 1. The van der Waals surface area contributed by atoms with E-state index in [9.17, 15) is 9.59 Å². The fourth-order valence-electron chi connectivity index (χ4n) is 2.07. The zero-order chi connectivity index (χ0) is 16.2. The Morgan fingerprint density at radius 2 is 1.90 bits per heavy atom. The molecular weight excluding hydrogens is 332 g/mol. The summed E-state index contributed by atoms with van der Waals surface area (Å²) in [6.07, 6.45) is 0.280. The molecule has 1 rings (SSSR count). The van der Waals surface area contributed by atoms with Crippen molar-refractivity contribution >= 4 is 33.4 Å². The molecule has 4 nitrogen and oxygen atoms in total. The second-order valence-electron chi connectivity index (χ2n) is 6.10. The first-order valence-electron chi connectivity index (χ1n) is 6.95. The molecule has 5 heteroatoms. The molecule has 0 spiro atoms. The van der Waals surface area contributed by atoms with Gasteiger partial charge in [-0.15, -0.1) is 0 Å². The number of hydrogen-bond donors (Lipinski definition) is 1. The molecule has 1 aromatic carbocycles. The summed E-state index contributed by atoms with van der Waals surface area (Å²) < 4.78 is 0.959. The molecule has 0 fully saturated rings. The lowest BCUT2D eigenvalue weighted by atomic mass is 10.1. The number of benzene rings is 1. The van der Waals surface area contributed by atoms with Crippen molar-refractivity contribution in [1.29, 1.82) is 0 Å². The van der Waals surface area contributed by atoms with Gasteiger partial charge in [0.2, 0.25) is 11.8 Å². The molecule has 1 N–H and O–H groups in total. The van der Waals surface area contributed by atoms with Crippen LogP contribution in [0.25, 0.3) is 0 Å². The van der Waals surface area contributed by atoms with Gasteiger partial charge in [-0.3, -0.25) is 9.59 Å². The zero-order valence-corrected chi connectivity index (χ0v) is 14.9. The van der Waals surface area contributed by atoms with E-state index in [0.29, 0.717) is 6.54 Å². The van der Waals surface area contributed by atoms with Crippen molar-refractivity contribution in [2.24, 2.45) is 0 Å². The number of amides is 2. The average molecular weight is 355 g/mol. The maximum atomic E-state index is 12.0. The van der Waals surface area contributed by atoms with Crippen LogP contribution in [0.4, 0.5) is 5.69 Å². The number of aryl methyl sites for hydroxylation is 1. The smallest absolute Gasteiger partial charge is 0.226 e. The lowest BCUT2D eigenvalue weighted by Gasteiger charge is -2.34. The molecule has 21 heavy (non-hydrogen) atoms. The molecule has 0 aliphatic carbocycles. The summed E-state index contributed by atoms with van der Waals surface area (Å²) in [4.78, 5) is 25.3. The zero-order valence-electron chi connectivity index (χ0n) is 13.3.